The van der Waals surface area contributed by atoms with E-state index < -0.39 is 0 Å². The summed E-state index contributed by atoms with van der Waals surface area (Å²) >= 11 is 3.37. The van der Waals surface area contributed by atoms with Crippen molar-refractivity contribution < 1.29 is 0 Å². The van der Waals surface area contributed by atoms with Crippen LogP contribution in [-0.2, 0) is 0 Å². The van der Waals surface area contributed by atoms with Crippen molar-refractivity contribution in [2.24, 2.45) is 0 Å². The maximum absolute atomic E-state index is 2.63. The van der Waals surface area contributed by atoms with Crippen LogP contribution in [0.15, 0.2) is 91.0 Å². The van der Waals surface area contributed by atoms with E-state index in [9.17, 15) is 0 Å². The van der Waals surface area contributed by atoms with E-state index >= 15 is 0 Å². The molecule has 3 rings (SSSR count). The normalized spacial score (nSPS) is 8.61. The minimum atomic E-state index is 1.24. The third kappa shape index (κ3) is 30.5. The van der Waals surface area contributed by atoms with Crippen LogP contribution < -0.4 is 15.9 Å². The number of hydrogen-bond acceptors (Lipinski definition) is 0. The number of unbranched alkanes of at least 4 members (excludes halogenated alkanes) is 2. The molecule has 3 atom stereocenters. The molecule has 0 amide bonds. The van der Waals surface area contributed by atoms with Crippen LogP contribution >= 0.6 is 27.7 Å². The number of benzene rings is 3. The largest absolute Gasteiger partial charge is 0.106 e. The third-order valence-electron chi connectivity index (χ3n) is 3.46. The molecule has 0 spiro atoms. The molecule has 31 heavy (non-hydrogen) atoms. The molecule has 3 aromatic rings. The van der Waals surface area contributed by atoms with Crippen molar-refractivity contribution in [3.8, 4) is 0 Å². The minimum Gasteiger partial charge on any atom is -0.106 e. The van der Waals surface area contributed by atoms with E-state index in [0.717, 1.165) is 0 Å². The standard InChI is InChI=1S/3C6H7P.2C4H9.2Sn/c3*7-6-4-2-1-3-5-6;2*1-3-4-2;;/h3*1-5H,7H2;2*1,3-4H2,2H3;;. The van der Waals surface area contributed by atoms with Crippen LogP contribution in [0.2, 0.25) is 8.87 Å². The van der Waals surface area contributed by atoms with Gasteiger partial charge in [-0.05, 0) is 15.9 Å². The molecule has 0 aliphatic carbocycles. The fraction of sp³-hybridized carbons (Fsp3) is 0.308. The van der Waals surface area contributed by atoms with E-state index in [1.807, 2.05) is 91.0 Å². The minimum absolute atomic E-state index is 1.24. The molecule has 0 N–H and O–H groups in total. The van der Waals surface area contributed by atoms with E-state index in [2.05, 4.69) is 41.6 Å². The first kappa shape index (κ1) is 33.7. The van der Waals surface area contributed by atoms with E-state index in [1.54, 1.807) is 45.0 Å². The third-order valence-corrected chi connectivity index (χ3v) is 6.63. The Morgan fingerprint density at radius 3 is 0.774 bits per heavy atom. The molecule has 0 heterocycles. The van der Waals surface area contributed by atoms with E-state index in [0.29, 0.717) is 0 Å². The fourth-order valence-electron chi connectivity index (χ4n) is 1.71. The first-order valence-electron chi connectivity index (χ1n) is 10.7. The monoisotopic (exact) mass is 684 g/mol. The maximum atomic E-state index is 2.63. The summed E-state index contributed by atoms with van der Waals surface area (Å²) < 4.78 is 2.87. The molecule has 0 aromatic heterocycles. The Hall–Kier alpha value is 0.547. The van der Waals surface area contributed by atoms with Gasteiger partial charge in [-0.15, -0.1) is 27.7 Å². The Balaban J connectivity index is 0. The molecule has 166 valence electrons. The van der Waals surface area contributed by atoms with Crippen LogP contribution in [0.25, 0.3) is 0 Å². The van der Waals surface area contributed by atoms with Gasteiger partial charge in [-0.1, -0.05) is 91.0 Å². The Morgan fingerprint density at radius 2 is 0.710 bits per heavy atom. The van der Waals surface area contributed by atoms with Gasteiger partial charge in [0.05, 0.1) is 0 Å². The second-order valence-electron chi connectivity index (χ2n) is 6.44. The van der Waals surface area contributed by atoms with Gasteiger partial charge in [0.25, 0.3) is 0 Å². The average Bonchev–Trinajstić information content (AvgIpc) is 2.78. The van der Waals surface area contributed by atoms with Crippen molar-refractivity contribution >= 4 is 88.7 Å². The summed E-state index contributed by atoms with van der Waals surface area (Å²) in [5.41, 5.74) is 0. The molecule has 3 aromatic carbocycles. The van der Waals surface area contributed by atoms with Crippen LogP contribution in [0, 0.1) is 0 Å². The molecule has 0 fully saturated rings. The number of rotatable bonds is 4. The van der Waals surface area contributed by atoms with Gasteiger partial charge >= 0.3 is 93.5 Å². The summed E-state index contributed by atoms with van der Waals surface area (Å²) in [4.78, 5) is 0. The second-order valence-corrected chi connectivity index (χ2v) is 11.3. The van der Waals surface area contributed by atoms with Gasteiger partial charge in [0, 0.05) is 0 Å². The predicted molar refractivity (Wildman–Crippen MR) is 158 cm³/mol. The number of hydrogen-bond donors (Lipinski definition) is 0. The van der Waals surface area contributed by atoms with Gasteiger partial charge in [-0.2, -0.15) is 0 Å². The van der Waals surface area contributed by atoms with Gasteiger partial charge in [-0.3, -0.25) is 0 Å². The molecule has 0 saturated carbocycles. The molecule has 0 nitrogen and oxygen atoms in total. The van der Waals surface area contributed by atoms with Gasteiger partial charge in [0.2, 0.25) is 0 Å². The van der Waals surface area contributed by atoms with Crippen LogP contribution in [0.5, 0.6) is 0 Å². The first-order chi connectivity index (χ1) is 15.0. The Labute approximate surface area is 226 Å². The second kappa shape index (κ2) is 28.6. The molecule has 0 aliphatic heterocycles. The first-order valence-corrected chi connectivity index (χ1v) is 16.5. The van der Waals surface area contributed by atoms with E-state index in [1.165, 1.54) is 50.5 Å². The predicted octanol–water partition coefficient (Wildman–Crippen LogP) is 6.31. The molecular formula is C26H39P3Sn2. The van der Waals surface area contributed by atoms with Crippen molar-refractivity contribution in [3.05, 3.63) is 91.0 Å². The van der Waals surface area contributed by atoms with Gasteiger partial charge in [0.1, 0.15) is 0 Å². The Morgan fingerprint density at radius 1 is 0.484 bits per heavy atom. The van der Waals surface area contributed by atoms with Crippen LogP contribution in [-0.4, -0.2) is 45.0 Å². The topological polar surface area (TPSA) is 0 Å². The quantitative estimate of drug-likeness (QED) is 0.224. The van der Waals surface area contributed by atoms with Crippen LogP contribution in [0.1, 0.15) is 39.5 Å². The zero-order valence-electron chi connectivity index (χ0n) is 19.1. The van der Waals surface area contributed by atoms with Gasteiger partial charge in [0.15, 0.2) is 0 Å². The summed E-state index contributed by atoms with van der Waals surface area (Å²) in [7, 11) is 7.89. The van der Waals surface area contributed by atoms with Gasteiger partial charge < -0.3 is 0 Å². The zero-order chi connectivity index (χ0) is 23.6. The van der Waals surface area contributed by atoms with E-state index in [-0.39, 0.29) is 0 Å². The Bertz CT molecular complexity index is 582. The summed E-state index contributed by atoms with van der Waals surface area (Å²) in [5, 5.41) is 3.72. The summed E-state index contributed by atoms with van der Waals surface area (Å²) in [5.74, 6) is 0. The SMILES string of the molecule is CCC[CH2][Sn].CCC[CH2][Sn].Pc1ccccc1.Pc1ccccc1.Pc1ccccc1. The molecule has 0 bridgehead atoms. The van der Waals surface area contributed by atoms with Crippen LogP contribution in [0.4, 0.5) is 0 Å². The van der Waals surface area contributed by atoms with Gasteiger partial charge in [-0.25, -0.2) is 0 Å². The van der Waals surface area contributed by atoms with Crippen molar-refractivity contribution in [1.29, 1.82) is 0 Å². The Kier molecular flexibility index (Phi) is 31.1. The molecule has 0 aliphatic rings. The van der Waals surface area contributed by atoms with Crippen molar-refractivity contribution in [1.82, 2.24) is 0 Å². The summed E-state index contributed by atoms with van der Waals surface area (Å²) in [6.45, 7) is 4.45. The maximum Gasteiger partial charge on any atom is -0.0303 e. The molecular weight excluding hydrogens is 643 g/mol. The smallest absolute Gasteiger partial charge is 0.0303 e. The van der Waals surface area contributed by atoms with Crippen molar-refractivity contribution in [2.45, 2.75) is 48.4 Å². The molecule has 5 heteroatoms. The average molecular weight is 682 g/mol. The van der Waals surface area contributed by atoms with Crippen LogP contribution in [0.3, 0.4) is 0 Å². The molecule has 0 saturated heterocycles. The molecule has 6 radical (unpaired) electrons. The molecule has 3 unspecified atom stereocenters. The van der Waals surface area contributed by atoms with E-state index in [4.69, 9.17) is 0 Å². The van der Waals surface area contributed by atoms with Crippen molar-refractivity contribution in [2.75, 3.05) is 0 Å². The zero-order valence-corrected chi connectivity index (χ0v) is 28.3. The summed E-state index contributed by atoms with van der Waals surface area (Å²) in [6.07, 6.45) is 5.59. The summed E-state index contributed by atoms with van der Waals surface area (Å²) in [6, 6.07) is 30.4. The van der Waals surface area contributed by atoms with Crippen molar-refractivity contribution in [3.63, 3.8) is 0 Å². The fourth-order valence-corrected chi connectivity index (χ4v) is 4.40.